The van der Waals surface area contributed by atoms with Gasteiger partial charge in [-0.25, -0.2) is 0 Å². The Kier molecular flexibility index (Phi) is 3.79. The Hall–Kier alpha value is -0.0300. The van der Waals surface area contributed by atoms with Gasteiger partial charge in [-0.3, -0.25) is 0 Å². The summed E-state index contributed by atoms with van der Waals surface area (Å²) in [6, 6.07) is 0. The van der Waals surface area contributed by atoms with Crippen LogP contribution >= 0.6 is 7.81 Å². The van der Waals surface area contributed by atoms with E-state index in [2.05, 4.69) is 39.8 Å². The number of halogens is 6. The van der Waals surface area contributed by atoms with Gasteiger partial charge in [0.25, 0.3) is 0 Å². The Morgan fingerprint density at radius 3 is 0.929 bits per heavy atom. The van der Waals surface area contributed by atoms with Gasteiger partial charge in [0.15, 0.2) is 0 Å². The zero-order chi connectivity index (χ0) is 12.5. The molecule has 0 aliphatic heterocycles. The van der Waals surface area contributed by atoms with Crippen molar-refractivity contribution in [2.45, 2.75) is 26.3 Å². The standard InChI is InChI=1S/C6H15N.F6P/c1-6(2,3)7(4)5;1-7(2,3,4,5)6/h1-5H3;/q;-1/p+1. The number of hydrogen-bond donors (Lipinski definition) is 0. The quantitative estimate of drug-likeness (QED) is 0.437. The van der Waals surface area contributed by atoms with Crippen LogP contribution in [0.3, 0.4) is 0 Å². The van der Waals surface area contributed by atoms with Gasteiger partial charge in [0.1, 0.15) is 0 Å². The van der Waals surface area contributed by atoms with Gasteiger partial charge in [-0.2, -0.15) is 0 Å². The van der Waals surface area contributed by atoms with Crippen LogP contribution in [0.25, 0.3) is 0 Å². The molecule has 92 valence electrons. The molecule has 1 nitrogen and oxygen atoms in total. The molecule has 0 aromatic rings. The molecule has 0 aliphatic carbocycles. The van der Waals surface area contributed by atoms with Crippen molar-refractivity contribution in [3.05, 3.63) is 0 Å². The van der Waals surface area contributed by atoms with E-state index in [1.165, 1.54) is 0 Å². The maximum absolute atomic E-state index is 10.7. The predicted octanol–water partition coefficient (Wildman–Crippen LogP) is 4.84. The second kappa shape index (κ2) is 3.23. The number of rotatable bonds is 0. The summed E-state index contributed by atoms with van der Waals surface area (Å²) in [5.41, 5.74) is 0.333. The molecule has 0 heterocycles. The van der Waals surface area contributed by atoms with Gasteiger partial charge in [0.2, 0.25) is 0 Å². The molecule has 0 aromatic heterocycles. The van der Waals surface area contributed by atoms with Crippen LogP contribution in [0.2, 0.25) is 0 Å². The molecule has 0 aromatic carbocycles. The minimum atomic E-state index is -10.7. The second-order valence-corrected chi connectivity index (χ2v) is 5.94. The maximum atomic E-state index is 9.87. The first-order chi connectivity index (χ1) is 5.39. The van der Waals surface area contributed by atoms with Crippen LogP contribution in [0.5, 0.6) is 0 Å². The fourth-order valence-corrected chi connectivity index (χ4v) is 0. The van der Waals surface area contributed by atoms with Crippen LogP contribution < -0.4 is 0 Å². The van der Waals surface area contributed by atoms with E-state index in [0.717, 1.165) is 0 Å². The van der Waals surface area contributed by atoms with Gasteiger partial charge >= 0.3 is 34.4 Å². The molecule has 0 N–H and O–H groups in total. The summed E-state index contributed by atoms with van der Waals surface area (Å²) in [5, 5.41) is 0. The molecule has 0 saturated carbocycles. The summed E-state index contributed by atoms with van der Waals surface area (Å²) in [4.78, 5) is 2.19. The Morgan fingerprint density at radius 2 is 0.929 bits per heavy atom. The second-order valence-electron chi connectivity index (χ2n) is 4.02. The minimum Gasteiger partial charge on any atom is 1.00 e. The van der Waals surface area contributed by atoms with Crippen LogP contribution in [-0.4, -0.2) is 24.5 Å². The number of hydrogen-bond acceptors (Lipinski definition) is 1. The Morgan fingerprint density at radius 1 is 0.857 bits per heavy atom. The summed E-state index contributed by atoms with van der Waals surface area (Å²) >= 11 is 0. The van der Waals surface area contributed by atoms with Gasteiger partial charge in [0, 0.05) is 5.54 Å². The molecule has 8 heteroatoms. The van der Waals surface area contributed by atoms with E-state index in [1.54, 1.807) is 0 Å². The van der Waals surface area contributed by atoms with Gasteiger partial charge < -0.3 is 4.90 Å². The van der Waals surface area contributed by atoms with Crippen LogP contribution in [0.15, 0.2) is 0 Å². The van der Waals surface area contributed by atoms with Crippen molar-refractivity contribution in [2.75, 3.05) is 14.1 Å². The van der Waals surface area contributed by atoms with Crippen molar-refractivity contribution in [2.24, 2.45) is 0 Å². The van der Waals surface area contributed by atoms with E-state index >= 15 is 0 Å². The minimum absolute atomic E-state index is 0. The zero-order valence-electron chi connectivity index (χ0n) is 9.66. The third-order valence-electron chi connectivity index (χ3n) is 1.34. The van der Waals surface area contributed by atoms with E-state index in [0.29, 0.717) is 5.54 Å². The SMILES string of the molecule is CN(C)C(C)(C)C.F[P-](F)(F)(F)(F)F.[H+]. The molecular formula is C6H16F6NP. The zero-order valence-corrected chi connectivity index (χ0v) is 9.56. The fourth-order valence-electron chi connectivity index (χ4n) is 0. The number of nitrogens with zero attached hydrogens (tertiary/aromatic N) is 1. The van der Waals surface area contributed by atoms with Crippen molar-refractivity contribution in [1.82, 2.24) is 4.90 Å². The van der Waals surface area contributed by atoms with Crippen molar-refractivity contribution in [3.8, 4) is 0 Å². The Balaban J connectivity index is -0.000000180. The van der Waals surface area contributed by atoms with Crippen LogP contribution in [0.1, 0.15) is 22.2 Å². The fraction of sp³-hybridized carbons (Fsp3) is 1.00. The van der Waals surface area contributed by atoms with Crippen molar-refractivity contribution >= 4 is 7.81 Å². The topological polar surface area (TPSA) is 3.24 Å². The Labute approximate surface area is 80.8 Å². The van der Waals surface area contributed by atoms with Gasteiger partial charge in [0.05, 0.1) is 0 Å². The molecule has 0 saturated heterocycles. The Bertz CT molecular complexity index is 178. The first-order valence-electron chi connectivity index (χ1n) is 3.63. The molecule has 0 unspecified atom stereocenters. The third kappa shape index (κ3) is 40.4. The molecule has 0 radical (unpaired) electrons. The smallest absolute Gasteiger partial charge is 1.00 e. The van der Waals surface area contributed by atoms with Gasteiger partial charge in [-0.05, 0) is 34.9 Å². The third-order valence-corrected chi connectivity index (χ3v) is 1.34. The van der Waals surface area contributed by atoms with E-state index in [1.807, 2.05) is 0 Å². The van der Waals surface area contributed by atoms with Crippen LogP contribution in [-0.2, 0) is 0 Å². The average molecular weight is 247 g/mol. The van der Waals surface area contributed by atoms with Crippen molar-refractivity contribution in [1.29, 1.82) is 0 Å². The van der Waals surface area contributed by atoms with E-state index in [9.17, 15) is 25.2 Å². The predicted molar refractivity (Wildman–Crippen MR) is 48.1 cm³/mol. The summed E-state index contributed by atoms with van der Waals surface area (Å²) < 4.78 is 59.2. The molecule has 0 fully saturated rings. The maximum Gasteiger partial charge on any atom is 1.00 e. The van der Waals surface area contributed by atoms with Crippen LogP contribution in [0.4, 0.5) is 25.2 Å². The molecular weight excluding hydrogens is 231 g/mol. The summed E-state index contributed by atoms with van der Waals surface area (Å²) in [7, 11) is -6.49. The van der Waals surface area contributed by atoms with Gasteiger partial charge in [-0.1, -0.05) is 0 Å². The molecule has 0 aliphatic rings. The molecule has 0 bridgehead atoms. The van der Waals surface area contributed by atoms with Crippen molar-refractivity contribution < 1.29 is 26.6 Å². The summed E-state index contributed by atoms with van der Waals surface area (Å²) in [5.74, 6) is 0. The first-order valence-corrected chi connectivity index (χ1v) is 5.66. The van der Waals surface area contributed by atoms with Gasteiger partial charge in [-0.15, -0.1) is 0 Å². The largest absolute Gasteiger partial charge is 1.00 e. The average Bonchev–Trinajstić information content (AvgIpc) is 1.50. The summed E-state index contributed by atoms with van der Waals surface area (Å²) in [6.45, 7) is 6.56. The molecule has 0 rings (SSSR count). The monoisotopic (exact) mass is 247 g/mol. The van der Waals surface area contributed by atoms with E-state index in [-0.39, 0.29) is 1.43 Å². The van der Waals surface area contributed by atoms with Crippen LogP contribution in [0, 0.1) is 0 Å². The molecule has 0 amide bonds. The van der Waals surface area contributed by atoms with E-state index in [4.69, 9.17) is 0 Å². The molecule has 0 spiro atoms. The first kappa shape index (κ1) is 16.4. The summed E-state index contributed by atoms with van der Waals surface area (Å²) in [6.07, 6.45) is 0. The molecule has 14 heavy (non-hydrogen) atoms. The van der Waals surface area contributed by atoms with E-state index < -0.39 is 7.81 Å². The molecule has 0 atom stereocenters. The van der Waals surface area contributed by atoms with Crippen molar-refractivity contribution in [3.63, 3.8) is 0 Å². The normalized spacial score (nSPS) is 18.0.